The van der Waals surface area contributed by atoms with Gasteiger partial charge in [-0.2, -0.15) is 0 Å². The van der Waals surface area contributed by atoms with E-state index in [0.717, 1.165) is 0 Å². The van der Waals surface area contributed by atoms with Crippen molar-refractivity contribution in [3.05, 3.63) is 71.8 Å². The molecule has 172 valence electrons. The van der Waals surface area contributed by atoms with Gasteiger partial charge in [0.05, 0.1) is 22.5 Å². The summed E-state index contributed by atoms with van der Waals surface area (Å²) in [5, 5.41) is 10.7. The maximum atomic E-state index is 11.9. The van der Waals surface area contributed by atoms with Gasteiger partial charge in [-0.15, -0.1) is 0 Å². The van der Waals surface area contributed by atoms with Crippen molar-refractivity contribution >= 4 is 11.9 Å². The summed E-state index contributed by atoms with van der Waals surface area (Å²) < 4.78 is 44.2. The molecule has 32 heavy (non-hydrogen) atoms. The molecule has 7 atom stereocenters. The van der Waals surface area contributed by atoms with Crippen LogP contribution >= 0.6 is 0 Å². The van der Waals surface area contributed by atoms with E-state index in [2.05, 4.69) is 0 Å². The van der Waals surface area contributed by atoms with E-state index in [9.17, 15) is 14.7 Å². The predicted octanol–water partition coefficient (Wildman–Crippen LogP) is 2.37. The molecule has 0 radical (unpaired) electrons. The van der Waals surface area contributed by atoms with Crippen LogP contribution in [-0.4, -0.2) is 54.4 Å². The summed E-state index contributed by atoms with van der Waals surface area (Å²) in [6.07, 6.45) is -6.51. The number of benzene rings is 2. The van der Waals surface area contributed by atoms with Gasteiger partial charge in [-0.1, -0.05) is 60.7 Å². The van der Waals surface area contributed by atoms with Gasteiger partial charge in [-0.25, -0.2) is 0 Å². The number of aliphatic hydroxyl groups is 1. The summed E-state index contributed by atoms with van der Waals surface area (Å²) in [6, 6.07) is 17.4. The van der Waals surface area contributed by atoms with Gasteiger partial charge in [0, 0.05) is 13.8 Å². The summed E-state index contributed by atoms with van der Waals surface area (Å²) in [5.41, 5.74) is 1.10. The van der Waals surface area contributed by atoms with Crippen molar-refractivity contribution in [2.75, 3.05) is 6.61 Å². The summed E-state index contributed by atoms with van der Waals surface area (Å²) in [4.78, 5) is 23.7. The highest BCUT2D eigenvalue weighted by atomic mass is 16.7. The molecule has 0 aromatic heterocycles. The first-order valence-corrected chi connectivity index (χ1v) is 10.2. The third kappa shape index (κ3) is 6.86. The van der Waals surface area contributed by atoms with Crippen LogP contribution in [0.25, 0.3) is 0 Å². The molecule has 0 amide bonds. The SMILES string of the molecule is [2H]C(OC[C@H]1OC(O)[C@H](OC([2H])c2ccccc2)[C@@H](OC(C)=O)[C@H]1OC(C)=O)c1ccccc1. The average molecular weight is 446 g/mol. The zero-order valence-corrected chi connectivity index (χ0v) is 17.8. The summed E-state index contributed by atoms with van der Waals surface area (Å²) in [7, 11) is 0. The van der Waals surface area contributed by atoms with Crippen LogP contribution in [0.15, 0.2) is 60.7 Å². The van der Waals surface area contributed by atoms with E-state index in [-0.39, 0.29) is 6.61 Å². The predicted molar refractivity (Wildman–Crippen MR) is 113 cm³/mol. The number of hydrogen-bond acceptors (Lipinski definition) is 8. The summed E-state index contributed by atoms with van der Waals surface area (Å²) in [6.45, 7) is -0.190. The molecule has 1 N–H and O–H groups in total. The van der Waals surface area contributed by atoms with Crippen molar-refractivity contribution in [3.63, 3.8) is 0 Å². The van der Waals surface area contributed by atoms with Crippen LogP contribution in [-0.2, 0) is 46.4 Å². The van der Waals surface area contributed by atoms with Gasteiger partial charge in [0.2, 0.25) is 0 Å². The van der Waals surface area contributed by atoms with Crippen LogP contribution in [0.5, 0.6) is 0 Å². The Morgan fingerprint density at radius 3 is 1.97 bits per heavy atom. The molecular formula is C24H28O8. The molecule has 2 aromatic rings. The van der Waals surface area contributed by atoms with E-state index in [4.69, 9.17) is 26.4 Å². The van der Waals surface area contributed by atoms with Crippen LogP contribution in [0.2, 0.25) is 0 Å². The largest absolute Gasteiger partial charge is 0.456 e. The molecule has 2 aromatic carbocycles. The number of ether oxygens (including phenoxy) is 5. The van der Waals surface area contributed by atoms with Gasteiger partial charge in [-0.3, -0.25) is 9.59 Å². The van der Waals surface area contributed by atoms with Crippen molar-refractivity contribution in [1.82, 2.24) is 0 Å². The van der Waals surface area contributed by atoms with Crippen molar-refractivity contribution in [2.24, 2.45) is 0 Å². The second-order valence-electron chi connectivity index (χ2n) is 7.20. The van der Waals surface area contributed by atoms with Crippen molar-refractivity contribution in [2.45, 2.75) is 57.7 Å². The van der Waals surface area contributed by atoms with Gasteiger partial charge in [0.1, 0.15) is 12.2 Å². The molecule has 3 rings (SSSR count). The fourth-order valence-electron chi connectivity index (χ4n) is 3.29. The number of carbonyl (C=O) groups excluding carboxylic acids is 2. The van der Waals surface area contributed by atoms with Gasteiger partial charge in [-0.05, 0) is 11.1 Å². The monoisotopic (exact) mass is 446 g/mol. The first-order chi connectivity index (χ1) is 16.3. The smallest absolute Gasteiger partial charge is 0.303 e. The Hall–Kier alpha value is -2.78. The lowest BCUT2D eigenvalue weighted by Gasteiger charge is -2.43. The molecule has 3 unspecified atom stereocenters. The Morgan fingerprint density at radius 2 is 1.41 bits per heavy atom. The molecule has 1 saturated heterocycles. The molecular weight excluding hydrogens is 416 g/mol. The molecule has 1 heterocycles. The highest BCUT2D eigenvalue weighted by Crippen LogP contribution is 2.28. The minimum Gasteiger partial charge on any atom is -0.456 e. The lowest BCUT2D eigenvalue weighted by molar-refractivity contribution is -0.304. The molecule has 8 heteroatoms. The normalized spacial score (nSPS) is 28.0. The van der Waals surface area contributed by atoms with Crippen LogP contribution < -0.4 is 0 Å². The van der Waals surface area contributed by atoms with Crippen molar-refractivity contribution in [1.29, 1.82) is 0 Å². The number of rotatable bonds is 9. The molecule has 0 spiro atoms. The van der Waals surface area contributed by atoms with Crippen molar-refractivity contribution < 1.29 is 41.1 Å². The molecule has 8 nitrogen and oxygen atoms in total. The van der Waals surface area contributed by atoms with Crippen LogP contribution in [0, 0.1) is 0 Å². The zero-order chi connectivity index (χ0) is 24.7. The van der Waals surface area contributed by atoms with E-state index in [1.165, 1.54) is 13.8 Å². The number of aliphatic hydroxyl groups excluding tert-OH is 1. The van der Waals surface area contributed by atoms with E-state index in [0.29, 0.717) is 11.1 Å². The second kappa shape index (κ2) is 11.7. The van der Waals surface area contributed by atoms with E-state index in [1.807, 2.05) is 6.07 Å². The number of hydrogen-bond donors (Lipinski definition) is 1. The van der Waals surface area contributed by atoms with Gasteiger partial charge in [0.15, 0.2) is 18.5 Å². The Balaban J connectivity index is 1.80. The third-order valence-electron chi connectivity index (χ3n) is 4.65. The number of esters is 2. The Kier molecular flexibility index (Phi) is 7.73. The van der Waals surface area contributed by atoms with Gasteiger partial charge in [0.25, 0.3) is 0 Å². The average Bonchev–Trinajstić information content (AvgIpc) is 2.82. The highest BCUT2D eigenvalue weighted by Gasteiger charge is 2.50. The second-order valence-corrected chi connectivity index (χ2v) is 7.20. The first-order valence-electron chi connectivity index (χ1n) is 11.3. The van der Waals surface area contributed by atoms with Crippen LogP contribution in [0.3, 0.4) is 0 Å². The summed E-state index contributed by atoms with van der Waals surface area (Å²) in [5.74, 6) is -1.38. The maximum Gasteiger partial charge on any atom is 0.303 e. The zero-order valence-electron chi connectivity index (χ0n) is 19.8. The highest BCUT2D eigenvalue weighted by molar-refractivity contribution is 5.67. The molecule has 1 fully saturated rings. The minimum atomic E-state index is -1.62. The quantitative estimate of drug-likeness (QED) is 0.586. The van der Waals surface area contributed by atoms with Gasteiger partial charge < -0.3 is 28.8 Å². The fraction of sp³-hybridized carbons (Fsp3) is 0.417. The summed E-state index contributed by atoms with van der Waals surface area (Å²) >= 11 is 0. The van der Waals surface area contributed by atoms with Crippen LogP contribution in [0.4, 0.5) is 0 Å². The lowest BCUT2D eigenvalue weighted by atomic mass is 9.98. The Bertz CT molecular complexity index is 929. The lowest BCUT2D eigenvalue weighted by Crippen LogP contribution is -2.61. The topological polar surface area (TPSA) is 101 Å². The van der Waals surface area contributed by atoms with Gasteiger partial charge >= 0.3 is 11.9 Å². The molecule has 0 aliphatic carbocycles. The van der Waals surface area contributed by atoms with E-state index in [1.54, 1.807) is 54.6 Å². The van der Waals surface area contributed by atoms with E-state index >= 15 is 0 Å². The standard InChI is InChI=1S/C24H28O8/c1-16(25)30-21-20(15-28-13-18-9-5-3-6-10-18)32-24(27)23(22(21)31-17(2)26)29-14-19-11-7-4-8-12-19/h3-12,20-24,27H,13-15H2,1-2H3/t20-,21+,22+,23-,24?/m1/s1/i13D,14D/t13?,14?,20-,21+,22+,23-,24?. The fourth-order valence-corrected chi connectivity index (χ4v) is 3.29. The Morgan fingerprint density at radius 1 is 0.875 bits per heavy atom. The minimum absolute atomic E-state index is 0.245. The molecule has 0 saturated carbocycles. The first kappa shape index (κ1) is 21.1. The molecule has 1 aliphatic heterocycles. The molecule has 1 aliphatic rings. The number of carbonyl (C=O) groups is 2. The maximum absolute atomic E-state index is 11.9. The third-order valence-corrected chi connectivity index (χ3v) is 4.65. The van der Waals surface area contributed by atoms with Crippen LogP contribution in [0.1, 0.15) is 27.7 Å². The van der Waals surface area contributed by atoms with E-state index < -0.39 is 55.8 Å². The molecule has 0 bridgehead atoms. The Labute approximate surface area is 189 Å². The van der Waals surface area contributed by atoms with Crippen molar-refractivity contribution in [3.8, 4) is 0 Å².